The summed E-state index contributed by atoms with van der Waals surface area (Å²) >= 11 is 3.91. The van der Waals surface area contributed by atoms with Crippen molar-refractivity contribution in [1.82, 2.24) is 0 Å². The zero-order valence-electron chi connectivity index (χ0n) is 11.6. The molecule has 8 heteroatoms. The number of aromatic hydroxyl groups is 1. The van der Waals surface area contributed by atoms with Gasteiger partial charge in [-0.3, -0.25) is 9.59 Å². The number of benzene rings is 1. The lowest BCUT2D eigenvalue weighted by Gasteiger charge is -2.26. The molecule has 4 rings (SSSR count). The lowest BCUT2D eigenvalue weighted by molar-refractivity contribution is -0.149. The van der Waals surface area contributed by atoms with Crippen LogP contribution in [0.2, 0.25) is 0 Å². The molecule has 1 aliphatic heterocycles. The van der Waals surface area contributed by atoms with Crippen LogP contribution in [0, 0.1) is 30.8 Å². The van der Waals surface area contributed by atoms with E-state index in [1.807, 2.05) is 45.2 Å². The van der Waals surface area contributed by atoms with Gasteiger partial charge in [0.1, 0.15) is 17.6 Å². The number of phenolic OH excluding ortho intramolecular Hbond substituents is 1. The van der Waals surface area contributed by atoms with E-state index in [2.05, 4.69) is 0 Å². The summed E-state index contributed by atoms with van der Waals surface area (Å²) in [5.74, 6) is -2.00. The third-order valence-corrected chi connectivity index (χ3v) is 6.70. The van der Waals surface area contributed by atoms with Crippen LogP contribution in [0.1, 0.15) is 6.42 Å². The molecule has 2 saturated carbocycles. The predicted octanol–water partition coefficient (Wildman–Crippen LogP) is 1.68. The van der Waals surface area contributed by atoms with E-state index in [-0.39, 0.29) is 17.6 Å². The third-order valence-electron chi connectivity index (χ3n) is 5.06. The Bertz CT molecular complexity index is 697. The number of halogens is 2. The predicted molar refractivity (Wildman–Crippen MR) is 93.6 cm³/mol. The van der Waals surface area contributed by atoms with Crippen molar-refractivity contribution in [2.45, 2.75) is 18.6 Å². The molecular weight excluding hydrogens is 530 g/mol. The minimum absolute atomic E-state index is 0.0832. The van der Waals surface area contributed by atoms with Gasteiger partial charge < -0.3 is 19.7 Å². The molecule has 6 atom stereocenters. The average Bonchev–Trinajstić information content (AvgIpc) is 3.08. The van der Waals surface area contributed by atoms with Crippen LogP contribution in [0.4, 0.5) is 0 Å². The fourth-order valence-electron chi connectivity index (χ4n) is 4.13. The number of hydrogen-bond acceptors (Lipinski definition) is 6. The quantitative estimate of drug-likeness (QED) is 0.336. The Morgan fingerprint density at radius 3 is 2.57 bits per heavy atom. The van der Waals surface area contributed by atoms with Crippen molar-refractivity contribution in [2.75, 3.05) is 0 Å². The number of rotatable bonds is 2. The first-order chi connectivity index (χ1) is 10.9. The third kappa shape index (κ3) is 2.28. The van der Waals surface area contributed by atoms with Crippen LogP contribution in [-0.4, -0.2) is 34.4 Å². The molecule has 2 N–H and O–H groups in total. The number of carbonyl (C=O) groups is 2. The normalized spacial score (nSPS) is 37.1. The Morgan fingerprint density at radius 1 is 1.26 bits per heavy atom. The number of aliphatic hydroxyl groups is 1. The minimum atomic E-state index is -0.791. The van der Waals surface area contributed by atoms with Crippen LogP contribution in [0.15, 0.2) is 12.1 Å². The van der Waals surface area contributed by atoms with Crippen molar-refractivity contribution in [3.8, 4) is 11.5 Å². The van der Waals surface area contributed by atoms with Gasteiger partial charge in [0.15, 0.2) is 0 Å². The van der Waals surface area contributed by atoms with Gasteiger partial charge in [-0.15, -0.1) is 0 Å². The first-order valence-electron chi connectivity index (χ1n) is 7.16. The molecule has 1 aromatic rings. The van der Waals surface area contributed by atoms with E-state index in [1.165, 1.54) is 0 Å². The molecule has 0 aromatic heterocycles. The van der Waals surface area contributed by atoms with Gasteiger partial charge in [0.2, 0.25) is 0 Å². The van der Waals surface area contributed by atoms with Crippen LogP contribution in [0.5, 0.6) is 11.5 Å². The van der Waals surface area contributed by atoms with Crippen LogP contribution >= 0.6 is 45.2 Å². The van der Waals surface area contributed by atoms with Crippen LogP contribution < -0.4 is 4.74 Å². The number of phenols is 1. The number of ether oxygens (including phenoxy) is 2. The topological polar surface area (TPSA) is 93.1 Å². The van der Waals surface area contributed by atoms with Gasteiger partial charge >= 0.3 is 11.9 Å². The second-order valence-corrected chi connectivity index (χ2v) is 8.49. The number of hydrogen-bond donors (Lipinski definition) is 2. The largest absolute Gasteiger partial charge is 0.506 e. The zero-order valence-corrected chi connectivity index (χ0v) is 15.9. The second-order valence-electron chi connectivity index (χ2n) is 6.16. The summed E-state index contributed by atoms with van der Waals surface area (Å²) < 4.78 is 11.8. The highest BCUT2D eigenvalue weighted by atomic mass is 127. The molecule has 122 valence electrons. The lowest BCUT2D eigenvalue weighted by atomic mass is 9.78. The Morgan fingerprint density at radius 2 is 1.91 bits per heavy atom. The summed E-state index contributed by atoms with van der Waals surface area (Å²) in [5.41, 5.74) is 0. The van der Waals surface area contributed by atoms with Crippen LogP contribution in [0.25, 0.3) is 0 Å². The molecule has 23 heavy (non-hydrogen) atoms. The Balaban J connectivity index is 1.60. The van der Waals surface area contributed by atoms with E-state index in [0.29, 0.717) is 19.3 Å². The summed E-state index contributed by atoms with van der Waals surface area (Å²) in [5, 5.41) is 20.0. The Kier molecular flexibility index (Phi) is 3.76. The highest BCUT2D eigenvalue weighted by molar-refractivity contribution is 14.1. The SMILES string of the molecule is O=C(Oc1cc(I)c(O)c(I)c1)C1C2CC3C(OC(=O)C31)C2O. The van der Waals surface area contributed by atoms with E-state index in [4.69, 9.17) is 9.47 Å². The molecule has 2 aliphatic carbocycles. The van der Waals surface area contributed by atoms with Crippen molar-refractivity contribution >= 4 is 57.1 Å². The molecule has 3 aliphatic rings. The van der Waals surface area contributed by atoms with E-state index < -0.39 is 36.0 Å². The van der Waals surface area contributed by atoms with Crippen molar-refractivity contribution in [1.29, 1.82) is 0 Å². The summed E-state index contributed by atoms with van der Waals surface area (Å²) in [6.45, 7) is 0. The van der Waals surface area contributed by atoms with Crippen molar-refractivity contribution < 1.29 is 29.3 Å². The highest BCUT2D eigenvalue weighted by Gasteiger charge is 2.68. The number of esters is 2. The molecule has 0 spiro atoms. The fraction of sp³-hybridized carbons (Fsp3) is 0.467. The van der Waals surface area contributed by atoms with Gasteiger partial charge in [0.05, 0.1) is 25.1 Å². The van der Waals surface area contributed by atoms with Gasteiger partial charge in [0, 0.05) is 11.8 Å². The summed E-state index contributed by atoms with van der Waals surface area (Å²) in [6, 6.07) is 3.13. The van der Waals surface area contributed by atoms with Gasteiger partial charge in [0.25, 0.3) is 0 Å². The monoisotopic (exact) mass is 542 g/mol. The van der Waals surface area contributed by atoms with Crippen LogP contribution in [0.3, 0.4) is 0 Å². The van der Waals surface area contributed by atoms with E-state index >= 15 is 0 Å². The summed E-state index contributed by atoms with van der Waals surface area (Å²) in [7, 11) is 0. The molecule has 0 amide bonds. The number of fused-ring (bicyclic) bond motifs is 1. The molecule has 6 unspecified atom stereocenters. The second kappa shape index (κ2) is 5.45. The summed E-state index contributed by atoms with van der Waals surface area (Å²) in [6.07, 6.45) is -0.635. The molecule has 1 saturated heterocycles. The molecule has 1 heterocycles. The summed E-state index contributed by atoms with van der Waals surface area (Å²) in [4.78, 5) is 24.6. The molecule has 1 aromatic carbocycles. The smallest absolute Gasteiger partial charge is 0.315 e. The molecule has 6 nitrogen and oxygen atoms in total. The Hall–Kier alpha value is -0.620. The Labute approximate surface area is 158 Å². The first-order valence-corrected chi connectivity index (χ1v) is 9.32. The maximum Gasteiger partial charge on any atom is 0.315 e. The first kappa shape index (κ1) is 15.9. The van der Waals surface area contributed by atoms with Gasteiger partial charge in [-0.2, -0.15) is 0 Å². The van der Waals surface area contributed by atoms with Crippen LogP contribution in [-0.2, 0) is 14.3 Å². The molecular formula is C15H12I2O6. The standard InChI is InChI=1S/C15H12I2O6/c16-7-1-4(2-8(17)12(7)19)22-14(20)9-5-3-6-10(9)15(21)23-13(6)11(5)18/h1-2,5-6,9-11,13,18-19H,3H2. The van der Waals surface area contributed by atoms with Gasteiger partial charge in [-0.25, -0.2) is 0 Å². The van der Waals surface area contributed by atoms with E-state index in [9.17, 15) is 19.8 Å². The van der Waals surface area contributed by atoms with Gasteiger partial charge in [-0.1, -0.05) is 0 Å². The number of carbonyl (C=O) groups excluding carboxylic acids is 2. The fourth-order valence-corrected chi connectivity index (χ4v) is 5.84. The van der Waals surface area contributed by atoms with Crippen molar-refractivity contribution in [2.24, 2.45) is 23.7 Å². The lowest BCUT2D eigenvalue weighted by Crippen LogP contribution is -2.42. The maximum absolute atomic E-state index is 12.6. The van der Waals surface area contributed by atoms with Crippen molar-refractivity contribution in [3.05, 3.63) is 19.3 Å². The van der Waals surface area contributed by atoms with Crippen molar-refractivity contribution in [3.63, 3.8) is 0 Å². The molecule has 0 radical (unpaired) electrons. The average molecular weight is 542 g/mol. The number of aliphatic hydroxyl groups excluding tert-OH is 1. The van der Waals surface area contributed by atoms with Gasteiger partial charge in [-0.05, 0) is 63.7 Å². The molecule has 3 fully saturated rings. The van der Waals surface area contributed by atoms with E-state index in [1.54, 1.807) is 12.1 Å². The molecule has 2 bridgehead atoms. The highest BCUT2D eigenvalue weighted by Crippen LogP contribution is 2.58. The zero-order chi connectivity index (χ0) is 16.5. The minimum Gasteiger partial charge on any atom is -0.506 e. The maximum atomic E-state index is 12.6. The van der Waals surface area contributed by atoms with E-state index in [0.717, 1.165) is 0 Å².